The maximum atomic E-state index is 13.3. The number of halogens is 1. The van der Waals surface area contributed by atoms with Crippen molar-refractivity contribution < 1.29 is 22.7 Å². The van der Waals surface area contributed by atoms with Gasteiger partial charge in [0.15, 0.2) is 11.5 Å². The number of hydrogen-bond donors (Lipinski definition) is 0. The molecule has 0 bridgehead atoms. The Kier molecular flexibility index (Phi) is 7.02. The molecule has 2 aliphatic rings. The third-order valence-corrected chi connectivity index (χ3v) is 9.23. The highest BCUT2D eigenvalue weighted by molar-refractivity contribution is 7.89. The van der Waals surface area contributed by atoms with Crippen molar-refractivity contribution in [3.8, 4) is 11.5 Å². The van der Waals surface area contributed by atoms with Crippen LogP contribution in [-0.4, -0.2) is 64.4 Å². The summed E-state index contributed by atoms with van der Waals surface area (Å²) in [5, 5.41) is -0.734. The molecule has 2 heterocycles. The number of β-lactam (4-membered cyclic amide) rings is 1. The molecule has 2 atom stereocenters. The fraction of sp³-hybridized carbons (Fsp3) is 0.296. The summed E-state index contributed by atoms with van der Waals surface area (Å²) in [4.78, 5) is 16.7. The van der Waals surface area contributed by atoms with E-state index in [4.69, 9.17) is 21.1 Å². The van der Waals surface area contributed by atoms with Gasteiger partial charge in [-0.25, -0.2) is 8.42 Å². The molecule has 0 saturated carbocycles. The minimum Gasteiger partial charge on any atom is -0.493 e. The van der Waals surface area contributed by atoms with Crippen LogP contribution < -0.4 is 19.3 Å². The van der Waals surface area contributed by atoms with Gasteiger partial charge in [-0.2, -0.15) is 4.31 Å². The van der Waals surface area contributed by atoms with E-state index in [-0.39, 0.29) is 10.8 Å². The van der Waals surface area contributed by atoms with Crippen LogP contribution in [0.4, 0.5) is 11.4 Å². The fourth-order valence-corrected chi connectivity index (χ4v) is 6.64. The van der Waals surface area contributed by atoms with Crippen LogP contribution in [0, 0.1) is 0 Å². The first-order valence-electron chi connectivity index (χ1n) is 11.9. The summed E-state index contributed by atoms with van der Waals surface area (Å²) in [5.41, 5.74) is 2.46. The number of anilines is 2. The smallest absolute Gasteiger partial charge is 0.248 e. The van der Waals surface area contributed by atoms with Crippen LogP contribution in [0.15, 0.2) is 77.7 Å². The molecule has 0 aromatic heterocycles. The number of alkyl halides is 1. The number of nitrogens with zero attached hydrogens (tertiary/aromatic N) is 3. The zero-order chi connectivity index (χ0) is 26.2. The van der Waals surface area contributed by atoms with Crippen molar-refractivity contribution in [1.82, 2.24) is 4.31 Å². The lowest BCUT2D eigenvalue weighted by Gasteiger charge is -2.44. The Bertz CT molecular complexity index is 1380. The molecule has 2 unspecified atom stereocenters. The van der Waals surface area contributed by atoms with Gasteiger partial charge in [-0.15, -0.1) is 11.6 Å². The van der Waals surface area contributed by atoms with Crippen molar-refractivity contribution in [3.05, 3.63) is 78.4 Å². The number of benzene rings is 3. The average Bonchev–Trinajstić information content (AvgIpc) is 2.95. The lowest BCUT2D eigenvalue weighted by molar-refractivity contribution is -0.123. The second-order valence-corrected chi connectivity index (χ2v) is 11.3. The van der Waals surface area contributed by atoms with Crippen molar-refractivity contribution in [3.63, 3.8) is 0 Å². The van der Waals surface area contributed by atoms with E-state index in [0.29, 0.717) is 43.4 Å². The number of sulfonamides is 1. The number of piperazine rings is 1. The van der Waals surface area contributed by atoms with Gasteiger partial charge in [0.05, 0.1) is 25.2 Å². The van der Waals surface area contributed by atoms with Gasteiger partial charge in [-0.3, -0.25) is 4.79 Å². The van der Waals surface area contributed by atoms with Crippen molar-refractivity contribution >= 4 is 38.9 Å². The molecule has 10 heteroatoms. The molecule has 5 rings (SSSR count). The molecule has 3 aromatic rings. The van der Waals surface area contributed by atoms with E-state index in [1.54, 1.807) is 55.5 Å². The number of rotatable bonds is 7. The standard InChI is InChI=1S/C27H28ClN3O5S/c1-35-23-13-8-19(18-24(23)36-2)26-25(28)27(32)31(26)21-9-11-22(12-10-21)37(33,34)30-16-14-29(15-17-30)20-6-4-3-5-7-20/h3-13,18,25-26H,14-17H2,1-2H3. The Morgan fingerprint density at radius 3 is 2.08 bits per heavy atom. The fourth-order valence-electron chi connectivity index (χ4n) is 4.85. The largest absolute Gasteiger partial charge is 0.493 e. The lowest BCUT2D eigenvalue weighted by atomic mass is 9.92. The van der Waals surface area contributed by atoms with Gasteiger partial charge >= 0.3 is 0 Å². The van der Waals surface area contributed by atoms with E-state index in [0.717, 1.165) is 11.3 Å². The number of ether oxygens (including phenoxy) is 2. The van der Waals surface area contributed by atoms with Crippen molar-refractivity contribution in [2.24, 2.45) is 0 Å². The first-order chi connectivity index (χ1) is 17.8. The highest BCUT2D eigenvalue weighted by Gasteiger charge is 2.48. The molecule has 194 valence electrons. The molecule has 0 radical (unpaired) electrons. The Morgan fingerprint density at radius 1 is 0.811 bits per heavy atom. The van der Waals surface area contributed by atoms with Gasteiger partial charge in [-0.1, -0.05) is 24.3 Å². The molecule has 2 aliphatic heterocycles. The predicted octanol–water partition coefficient (Wildman–Crippen LogP) is 3.91. The zero-order valence-corrected chi connectivity index (χ0v) is 22.2. The number of hydrogen-bond acceptors (Lipinski definition) is 6. The van der Waals surface area contributed by atoms with Crippen LogP contribution in [0.1, 0.15) is 11.6 Å². The minimum atomic E-state index is -3.66. The SMILES string of the molecule is COc1ccc(C2C(Cl)C(=O)N2c2ccc(S(=O)(=O)N3CCN(c4ccccc4)CC3)cc2)cc1OC. The normalized spacial score (nSPS) is 20.5. The molecule has 2 fully saturated rings. The van der Waals surface area contributed by atoms with Gasteiger partial charge < -0.3 is 19.3 Å². The minimum absolute atomic E-state index is 0.197. The number of amides is 1. The molecule has 8 nitrogen and oxygen atoms in total. The Morgan fingerprint density at radius 2 is 1.46 bits per heavy atom. The van der Waals surface area contributed by atoms with Gasteiger partial charge in [0, 0.05) is 37.6 Å². The molecular formula is C27H28ClN3O5S. The van der Waals surface area contributed by atoms with E-state index in [9.17, 15) is 13.2 Å². The van der Waals surface area contributed by atoms with Gasteiger partial charge in [0.1, 0.15) is 5.38 Å². The second kappa shape index (κ2) is 10.2. The van der Waals surface area contributed by atoms with Crippen molar-refractivity contribution in [1.29, 1.82) is 0 Å². The predicted molar refractivity (Wildman–Crippen MR) is 143 cm³/mol. The molecular weight excluding hydrogens is 514 g/mol. The van der Waals surface area contributed by atoms with Crippen molar-refractivity contribution in [2.45, 2.75) is 16.3 Å². The molecule has 3 aromatic carbocycles. The molecule has 1 amide bonds. The van der Waals surface area contributed by atoms with Crippen LogP contribution in [0.5, 0.6) is 11.5 Å². The maximum Gasteiger partial charge on any atom is 0.248 e. The quantitative estimate of drug-likeness (QED) is 0.333. The maximum absolute atomic E-state index is 13.3. The summed E-state index contributed by atoms with van der Waals surface area (Å²) in [6, 6.07) is 21.4. The first-order valence-corrected chi connectivity index (χ1v) is 13.8. The van der Waals surface area contributed by atoms with Crippen LogP contribution in [0.2, 0.25) is 0 Å². The molecule has 37 heavy (non-hydrogen) atoms. The monoisotopic (exact) mass is 541 g/mol. The third-order valence-electron chi connectivity index (χ3n) is 6.89. The highest BCUT2D eigenvalue weighted by atomic mass is 35.5. The van der Waals surface area contributed by atoms with E-state index in [1.807, 2.05) is 36.4 Å². The van der Waals surface area contributed by atoms with E-state index in [1.165, 1.54) is 4.31 Å². The van der Waals surface area contributed by atoms with Crippen LogP contribution in [0.25, 0.3) is 0 Å². The summed E-state index contributed by atoms with van der Waals surface area (Å²) in [6.07, 6.45) is 0. The topological polar surface area (TPSA) is 79.4 Å². The summed E-state index contributed by atoms with van der Waals surface area (Å²) in [5.74, 6) is 0.875. The van der Waals surface area contributed by atoms with Crippen molar-refractivity contribution in [2.75, 3.05) is 50.2 Å². The summed E-state index contributed by atoms with van der Waals surface area (Å²) in [6.45, 7) is 2.04. The third kappa shape index (κ3) is 4.63. The number of methoxy groups -OCH3 is 2. The van der Waals surface area contributed by atoms with Gasteiger partial charge in [0.2, 0.25) is 15.9 Å². The zero-order valence-electron chi connectivity index (χ0n) is 20.6. The van der Waals surface area contributed by atoms with E-state index >= 15 is 0 Å². The Hall–Kier alpha value is -3.27. The van der Waals surface area contributed by atoms with Gasteiger partial charge in [0.25, 0.3) is 0 Å². The summed E-state index contributed by atoms with van der Waals surface area (Å²) >= 11 is 6.41. The lowest BCUT2D eigenvalue weighted by Crippen LogP contribution is -2.56. The number of carbonyl (C=O) groups is 1. The van der Waals surface area contributed by atoms with Crippen LogP contribution in [-0.2, 0) is 14.8 Å². The molecule has 0 aliphatic carbocycles. The molecule has 2 saturated heterocycles. The highest BCUT2D eigenvalue weighted by Crippen LogP contribution is 2.44. The first kappa shape index (κ1) is 25.4. The molecule has 0 N–H and O–H groups in total. The summed E-state index contributed by atoms with van der Waals surface area (Å²) in [7, 11) is -0.558. The number of para-hydroxylation sites is 1. The molecule has 0 spiro atoms. The van der Waals surface area contributed by atoms with E-state index in [2.05, 4.69) is 4.90 Å². The van der Waals surface area contributed by atoms with Crippen LogP contribution in [0.3, 0.4) is 0 Å². The Balaban J connectivity index is 1.32. The number of carbonyl (C=O) groups excluding carboxylic acids is 1. The Labute approximate surface area is 222 Å². The van der Waals surface area contributed by atoms with Gasteiger partial charge in [-0.05, 0) is 54.1 Å². The summed E-state index contributed by atoms with van der Waals surface area (Å²) < 4.78 is 38.8. The second-order valence-electron chi connectivity index (χ2n) is 8.89. The van der Waals surface area contributed by atoms with Crippen LogP contribution >= 0.6 is 11.6 Å². The average molecular weight is 542 g/mol. The van der Waals surface area contributed by atoms with E-state index < -0.39 is 21.4 Å².